The first-order valence-corrected chi connectivity index (χ1v) is 10.1. The fourth-order valence-corrected chi connectivity index (χ4v) is 4.19. The van der Waals surface area contributed by atoms with Gasteiger partial charge in [-0.2, -0.15) is 0 Å². The summed E-state index contributed by atoms with van der Waals surface area (Å²) in [4.78, 5) is 0. The Hall–Kier alpha value is -4.04. The van der Waals surface area contributed by atoms with Gasteiger partial charge in [-0.1, -0.05) is 78.9 Å². The molecule has 1 N–H and O–H groups in total. The molecule has 1 heterocycles. The van der Waals surface area contributed by atoms with E-state index in [1.165, 1.54) is 16.5 Å². The number of anilines is 2. The molecule has 1 aromatic heterocycles. The Balaban J connectivity index is 1.44. The minimum absolute atomic E-state index is 0.896. The number of nitrogens with one attached hydrogen (secondary N) is 1. The van der Waals surface area contributed by atoms with E-state index in [4.69, 9.17) is 4.42 Å². The van der Waals surface area contributed by atoms with E-state index >= 15 is 0 Å². The van der Waals surface area contributed by atoms with E-state index in [9.17, 15) is 0 Å². The van der Waals surface area contributed by atoms with Crippen molar-refractivity contribution in [1.29, 1.82) is 0 Å². The molecule has 2 heteroatoms. The summed E-state index contributed by atoms with van der Waals surface area (Å²) >= 11 is 0. The smallest absolute Gasteiger partial charge is 0.143 e. The van der Waals surface area contributed by atoms with Crippen molar-refractivity contribution in [3.63, 3.8) is 0 Å². The van der Waals surface area contributed by atoms with Crippen molar-refractivity contribution in [3.8, 4) is 11.1 Å². The second kappa shape index (κ2) is 6.78. The third-order valence-corrected chi connectivity index (χ3v) is 5.66. The second-order valence-corrected chi connectivity index (χ2v) is 7.51. The van der Waals surface area contributed by atoms with Crippen LogP contribution >= 0.6 is 0 Å². The topological polar surface area (TPSA) is 25.2 Å². The lowest BCUT2D eigenvalue weighted by molar-refractivity contribution is 0.673. The van der Waals surface area contributed by atoms with Crippen LogP contribution in [0, 0.1) is 0 Å². The van der Waals surface area contributed by atoms with Gasteiger partial charge in [0.1, 0.15) is 11.2 Å². The normalized spacial score (nSPS) is 11.3. The highest BCUT2D eigenvalue weighted by Gasteiger charge is 2.13. The Labute approximate surface area is 174 Å². The van der Waals surface area contributed by atoms with E-state index in [1.54, 1.807) is 0 Å². The van der Waals surface area contributed by atoms with Crippen LogP contribution in [-0.2, 0) is 0 Å². The number of benzene rings is 5. The van der Waals surface area contributed by atoms with E-state index in [0.29, 0.717) is 0 Å². The highest BCUT2D eigenvalue weighted by molar-refractivity contribution is 6.18. The molecular formula is C28H19NO. The van der Waals surface area contributed by atoms with Crippen LogP contribution in [-0.4, -0.2) is 0 Å². The van der Waals surface area contributed by atoms with Crippen molar-refractivity contribution in [1.82, 2.24) is 0 Å². The van der Waals surface area contributed by atoms with Crippen molar-refractivity contribution >= 4 is 44.1 Å². The fourth-order valence-electron chi connectivity index (χ4n) is 4.19. The van der Waals surface area contributed by atoms with Gasteiger partial charge < -0.3 is 9.73 Å². The number of rotatable bonds is 3. The van der Waals surface area contributed by atoms with Crippen molar-refractivity contribution < 1.29 is 4.42 Å². The van der Waals surface area contributed by atoms with Crippen LogP contribution < -0.4 is 5.32 Å². The highest BCUT2D eigenvalue weighted by atomic mass is 16.3. The minimum Gasteiger partial charge on any atom is -0.455 e. The van der Waals surface area contributed by atoms with E-state index in [2.05, 4.69) is 96.3 Å². The molecule has 0 aliphatic heterocycles. The first-order chi connectivity index (χ1) is 14.9. The van der Waals surface area contributed by atoms with Crippen LogP contribution in [0.4, 0.5) is 11.4 Å². The molecule has 0 amide bonds. The number of hydrogen-bond donors (Lipinski definition) is 1. The van der Waals surface area contributed by atoms with Crippen LogP contribution in [0.5, 0.6) is 0 Å². The fraction of sp³-hybridized carbons (Fsp3) is 0. The predicted molar refractivity (Wildman–Crippen MR) is 126 cm³/mol. The molecule has 0 bridgehead atoms. The lowest BCUT2D eigenvalue weighted by atomic mass is 10.0. The molecule has 30 heavy (non-hydrogen) atoms. The Morgan fingerprint density at radius 3 is 2.17 bits per heavy atom. The van der Waals surface area contributed by atoms with E-state index in [-0.39, 0.29) is 0 Å². The standard InChI is InChI=1S/C28H19NO/c1-2-7-19(8-3-1)20-13-16-22(17-14-20)29-25-11-6-12-26-27(25)24-18-15-21-9-4-5-10-23(21)28(24)30-26/h1-18,29H. The summed E-state index contributed by atoms with van der Waals surface area (Å²) in [5, 5.41) is 8.17. The first kappa shape index (κ1) is 16.9. The number of furan rings is 1. The molecule has 0 atom stereocenters. The van der Waals surface area contributed by atoms with Gasteiger partial charge in [0.2, 0.25) is 0 Å². The average molecular weight is 385 g/mol. The highest BCUT2D eigenvalue weighted by Crippen LogP contribution is 2.38. The van der Waals surface area contributed by atoms with Crippen molar-refractivity contribution in [2.45, 2.75) is 0 Å². The molecule has 0 radical (unpaired) electrons. The third-order valence-electron chi connectivity index (χ3n) is 5.66. The number of fused-ring (bicyclic) bond motifs is 5. The zero-order valence-corrected chi connectivity index (χ0v) is 16.3. The summed E-state index contributed by atoms with van der Waals surface area (Å²) in [5.74, 6) is 0. The van der Waals surface area contributed by atoms with Gasteiger partial charge in [0.25, 0.3) is 0 Å². The van der Waals surface area contributed by atoms with Crippen molar-refractivity contribution in [2.75, 3.05) is 5.32 Å². The molecular weight excluding hydrogens is 366 g/mol. The summed E-state index contributed by atoms with van der Waals surface area (Å²) in [6.45, 7) is 0. The van der Waals surface area contributed by atoms with Gasteiger partial charge in [-0.05, 0) is 46.8 Å². The van der Waals surface area contributed by atoms with Gasteiger partial charge >= 0.3 is 0 Å². The monoisotopic (exact) mass is 385 g/mol. The molecule has 142 valence electrons. The largest absolute Gasteiger partial charge is 0.455 e. The molecule has 6 rings (SSSR count). The maximum atomic E-state index is 6.28. The Morgan fingerprint density at radius 2 is 1.30 bits per heavy atom. The van der Waals surface area contributed by atoms with Gasteiger partial charge in [-0.3, -0.25) is 0 Å². The van der Waals surface area contributed by atoms with Gasteiger partial charge in [-0.15, -0.1) is 0 Å². The summed E-state index contributed by atoms with van der Waals surface area (Å²) in [5.41, 5.74) is 6.37. The molecule has 0 unspecified atom stereocenters. The van der Waals surface area contributed by atoms with Gasteiger partial charge in [0.05, 0.1) is 11.1 Å². The van der Waals surface area contributed by atoms with E-state index in [1.807, 2.05) is 18.2 Å². The summed E-state index contributed by atoms with van der Waals surface area (Å²) in [7, 11) is 0. The zero-order chi connectivity index (χ0) is 19.9. The van der Waals surface area contributed by atoms with Crippen molar-refractivity contribution in [2.24, 2.45) is 0 Å². The lowest BCUT2D eigenvalue weighted by Gasteiger charge is -2.09. The van der Waals surface area contributed by atoms with Crippen LogP contribution in [0.1, 0.15) is 0 Å². The van der Waals surface area contributed by atoms with Crippen molar-refractivity contribution in [3.05, 3.63) is 109 Å². The zero-order valence-electron chi connectivity index (χ0n) is 16.3. The van der Waals surface area contributed by atoms with E-state index < -0.39 is 0 Å². The molecule has 6 aromatic rings. The molecule has 0 spiro atoms. The molecule has 0 saturated carbocycles. The quantitative estimate of drug-likeness (QED) is 0.332. The van der Waals surface area contributed by atoms with Gasteiger partial charge in [0.15, 0.2) is 0 Å². The maximum absolute atomic E-state index is 6.28. The Kier molecular flexibility index (Phi) is 3.82. The molecule has 2 nitrogen and oxygen atoms in total. The van der Waals surface area contributed by atoms with Crippen LogP contribution in [0.25, 0.3) is 43.8 Å². The average Bonchev–Trinajstić information content (AvgIpc) is 3.20. The Morgan fingerprint density at radius 1 is 0.533 bits per heavy atom. The van der Waals surface area contributed by atoms with Crippen LogP contribution in [0.3, 0.4) is 0 Å². The molecule has 5 aromatic carbocycles. The van der Waals surface area contributed by atoms with E-state index in [0.717, 1.165) is 38.7 Å². The lowest BCUT2D eigenvalue weighted by Crippen LogP contribution is -1.90. The van der Waals surface area contributed by atoms with Gasteiger partial charge in [0, 0.05) is 16.5 Å². The molecule has 0 saturated heterocycles. The summed E-state index contributed by atoms with van der Waals surface area (Å²) < 4.78 is 6.28. The van der Waals surface area contributed by atoms with Gasteiger partial charge in [-0.25, -0.2) is 0 Å². The molecule has 0 aliphatic carbocycles. The minimum atomic E-state index is 0.896. The first-order valence-electron chi connectivity index (χ1n) is 10.1. The summed E-state index contributed by atoms with van der Waals surface area (Å²) in [6, 6.07) is 37.8. The predicted octanol–water partition coefficient (Wildman–Crippen LogP) is 8.15. The molecule has 0 aliphatic rings. The van der Waals surface area contributed by atoms with Crippen LogP contribution in [0.15, 0.2) is 114 Å². The third kappa shape index (κ3) is 2.73. The maximum Gasteiger partial charge on any atom is 0.143 e. The number of hydrogen-bond acceptors (Lipinski definition) is 2. The summed E-state index contributed by atoms with van der Waals surface area (Å²) in [6.07, 6.45) is 0. The SMILES string of the molecule is c1ccc(-c2ccc(Nc3cccc4oc5c6ccccc6ccc5c34)cc2)cc1. The molecule has 0 fully saturated rings. The Bertz CT molecular complexity index is 1490. The second-order valence-electron chi connectivity index (χ2n) is 7.51. The van der Waals surface area contributed by atoms with Crippen LogP contribution in [0.2, 0.25) is 0 Å².